The van der Waals surface area contributed by atoms with Gasteiger partial charge in [0, 0.05) is 6.08 Å². The minimum atomic E-state index is -0.746. The quantitative estimate of drug-likeness (QED) is 0.637. The molecule has 0 unspecified atom stereocenters. The van der Waals surface area contributed by atoms with Gasteiger partial charge in [-0.2, -0.15) is 0 Å². The first-order valence-electron chi connectivity index (χ1n) is 6.99. The lowest BCUT2D eigenvalue weighted by molar-refractivity contribution is -0.128. The summed E-state index contributed by atoms with van der Waals surface area (Å²) >= 11 is 0. The third kappa shape index (κ3) is 6.21. The number of amides is 3. The molecule has 1 aromatic carbocycles. The minimum Gasteiger partial charge on any atom is -0.368 e. The monoisotopic (exact) mass is 303 g/mol. The molecule has 22 heavy (non-hydrogen) atoms. The number of nitrogens with two attached hydrogens (primary N) is 1. The molecule has 4 N–H and O–H groups in total. The molecule has 0 saturated heterocycles. The summed E-state index contributed by atoms with van der Waals surface area (Å²) in [5.41, 5.74) is 6.09. The molecule has 0 aliphatic heterocycles. The molecule has 6 nitrogen and oxygen atoms in total. The van der Waals surface area contributed by atoms with Crippen molar-refractivity contribution in [2.75, 3.05) is 6.54 Å². The SMILES string of the molecule is CC(C)[C@H](NC(=O)CNC(=O)/C=C\c1ccccc1)C(N)=O. The maximum atomic E-state index is 11.7. The second-order valence-corrected chi connectivity index (χ2v) is 5.15. The Labute approximate surface area is 129 Å². The average Bonchev–Trinajstić information content (AvgIpc) is 2.49. The van der Waals surface area contributed by atoms with Crippen LogP contribution in [0.1, 0.15) is 19.4 Å². The van der Waals surface area contributed by atoms with Gasteiger partial charge in [0.05, 0.1) is 6.54 Å². The molecule has 1 aromatic rings. The van der Waals surface area contributed by atoms with Crippen LogP contribution in [-0.2, 0) is 14.4 Å². The van der Waals surface area contributed by atoms with Crippen molar-refractivity contribution in [3.8, 4) is 0 Å². The van der Waals surface area contributed by atoms with Crippen molar-refractivity contribution >= 4 is 23.8 Å². The number of hydrogen-bond acceptors (Lipinski definition) is 3. The van der Waals surface area contributed by atoms with E-state index in [4.69, 9.17) is 5.73 Å². The third-order valence-electron chi connectivity index (χ3n) is 2.94. The first kappa shape index (κ1) is 17.4. The van der Waals surface area contributed by atoms with E-state index in [-0.39, 0.29) is 18.4 Å². The van der Waals surface area contributed by atoms with E-state index in [1.165, 1.54) is 6.08 Å². The highest BCUT2D eigenvalue weighted by molar-refractivity contribution is 5.95. The van der Waals surface area contributed by atoms with Gasteiger partial charge >= 0.3 is 0 Å². The van der Waals surface area contributed by atoms with E-state index in [9.17, 15) is 14.4 Å². The first-order valence-corrected chi connectivity index (χ1v) is 6.99. The summed E-state index contributed by atoms with van der Waals surface area (Å²) in [6, 6.07) is 8.57. The molecule has 0 aromatic heterocycles. The number of carbonyl (C=O) groups is 3. The van der Waals surface area contributed by atoms with Crippen LogP contribution in [0, 0.1) is 5.92 Å². The van der Waals surface area contributed by atoms with Gasteiger partial charge < -0.3 is 16.4 Å². The number of carbonyl (C=O) groups excluding carboxylic acids is 3. The van der Waals surface area contributed by atoms with Gasteiger partial charge in [-0.1, -0.05) is 44.2 Å². The molecule has 118 valence electrons. The summed E-state index contributed by atoms with van der Waals surface area (Å²) in [6.45, 7) is 3.34. The van der Waals surface area contributed by atoms with Gasteiger partial charge in [0.2, 0.25) is 17.7 Å². The molecule has 0 fully saturated rings. The normalized spacial score (nSPS) is 12.1. The van der Waals surface area contributed by atoms with E-state index in [1.807, 2.05) is 30.3 Å². The minimum absolute atomic E-state index is 0.116. The zero-order valence-electron chi connectivity index (χ0n) is 12.7. The van der Waals surface area contributed by atoms with E-state index >= 15 is 0 Å². The van der Waals surface area contributed by atoms with Gasteiger partial charge in [-0.15, -0.1) is 0 Å². The molecular weight excluding hydrogens is 282 g/mol. The molecule has 0 aliphatic carbocycles. The number of nitrogens with one attached hydrogen (secondary N) is 2. The fourth-order valence-electron chi connectivity index (χ4n) is 1.75. The summed E-state index contributed by atoms with van der Waals surface area (Å²) in [5.74, 6) is -1.56. The molecule has 0 saturated carbocycles. The lowest BCUT2D eigenvalue weighted by Gasteiger charge is -2.18. The van der Waals surface area contributed by atoms with Crippen LogP contribution < -0.4 is 16.4 Å². The van der Waals surface area contributed by atoms with Crippen LogP contribution in [-0.4, -0.2) is 30.3 Å². The highest BCUT2D eigenvalue weighted by atomic mass is 16.2. The van der Waals surface area contributed by atoms with Crippen LogP contribution in [0.3, 0.4) is 0 Å². The van der Waals surface area contributed by atoms with Crippen molar-refractivity contribution in [1.82, 2.24) is 10.6 Å². The predicted octanol–water partition coefficient (Wildman–Crippen LogP) is 0.442. The van der Waals surface area contributed by atoms with E-state index in [2.05, 4.69) is 10.6 Å². The van der Waals surface area contributed by atoms with Crippen LogP contribution in [0.4, 0.5) is 0 Å². The van der Waals surface area contributed by atoms with Crippen LogP contribution in [0.15, 0.2) is 36.4 Å². The van der Waals surface area contributed by atoms with Gasteiger partial charge in [0.25, 0.3) is 0 Å². The molecule has 0 bridgehead atoms. The lowest BCUT2D eigenvalue weighted by atomic mass is 10.0. The molecule has 1 atom stereocenters. The number of benzene rings is 1. The van der Waals surface area contributed by atoms with Crippen molar-refractivity contribution in [2.45, 2.75) is 19.9 Å². The molecule has 0 heterocycles. The van der Waals surface area contributed by atoms with Crippen molar-refractivity contribution in [1.29, 1.82) is 0 Å². The molecule has 3 amide bonds. The third-order valence-corrected chi connectivity index (χ3v) is 2.94. The van der Waals surface area contributed by atoms with Crippen LogP contribution in [0.2, 0.25) is 0 Å². The first-order chi connectivity index (χ1) is 10.4. The maximum Gasteiger partial charge on any atom is 0.244 e. The second-order valence-electron chi connectivity index (χ2n) is 5.15. The van der Waals surface area contributed by atoms with Crippen LogP contribution in [0.25, 0.3) is 6.08 Å². The molecule has 0 spiro atoms. The van der Waals surface area contributed by atoms with Gasteiger partial charge in [0.1, 0.15) is 6.04 Å². The molecular formula is C16H21N3O3. The van der Waals surface area contributed by atoms with Crippen LogP contribution >= 0.6 is 0 Å². The zero-order valence-corrected chi connectivity index (χ0v) is 12.7. The average molecular weight is 303 g/mol. The van der Waals surface area contributed by atoms with E-state index in [0.29, 0.717) is 0 Å². The smallest absolute Gasteiger partial charge is 0.244 e. The van der Waals surface area contributed by atoms with Crippen molar-refractivity contribution < 1.29 is 14.4 Å². The largest absolute Gasteiger partial charge is 0.368 e. The fraction of sp³-hybridized carbons (Fsp3) is 0.312. The highest BCUT2D eigenvalue weighted by Gasteiger charge is 2.21. The Morgan fingerprint density at radius 2 is 1.82 bits per heavy atom. The Bertz CT molecular complexity index is 553. The number of hydrogen-bond donors (Lipinski definition) is 3. The van der Waals surface area contributed by atoms with Gasteiger partial charge in [-0.3, -0.25) is 14.4 Å². The Morgan fingerprint density at radius 3 is 2.36 bits per heavy atom. The Kier molecular flexibility index (Phi) is 6.82. The van der Waals surface area contributed by atoms with E-state index in [1.54, 1.807) is 19.9 Å². The summed E-state index contributed by atoms with van der Waals surface area (Å²) in [4.78, 5) is 34.5. The summed E-state index contributed by atoms with van der Waals surface area (Å²) in [7, 11) is 0. The molecule has 0 aliphatic rings. The Hall–Kier alpha value is -2.63. The number of rotatable bonds is 7. The maximum absolute atomic E-state index is 11.7. The second kappa shape index (κ2) is 8.61. The molecule has 1 rings (SSSR count). The molecule has 6 heteroatoms. The van der Waals surface area contributed by atoms with Crippen LogP contribution in [0.5, 0.6) is 0 Å². The molecule has 0 radical (unpaired) electrons. The highest BCUT2D eigenvalue weighted by Crippen LogP contribution is 2.01. The predicted molar refractivity (Wildman–Crippen MR) is 84.4 cm³/mol. The zero-order chi connectivity index (χ0) is 16.5. The van der Waals surface area contributed by atoms with Gasteiger partial charge in [-0.25, -0.2) is 0 Å². The van der Waals surface area contributed by atoms with E-state index in [0.717, 1.165) is 5.56 Å². The summed E-state index contributed by atoms with van der Waals surface area (Å²) < 4.78 is 0. The van der Waals surface area contributed by atoms with Crippen molar-refractivity contribution in [2.24, 2.45) is 11.7 Å². The number of primary amides is 1. The van der Waals surface area contributed by atoms with E-state index < -0.39 is 17.9 Å². The Balaban J connectivity index is 2.42. The summed E-state index contributed by atoms with van der Waals surface area (Å²) in [5, 5.41) is 4.94. The standard InChI is InChI=1S/C16H21N3O3/c1-11(2)15(16(17)22)19-14(21)10-18-13(20)9-8-12-6-4-3-5-7-12/h3-9,11,15H,10H2,1-2H3,(H2,17,22)(H,18,20)(H,19,21)/b9-8-/t15-/m0/s1. The topological polar surface area (TPSA) is 101 Å². The van der Waals surface area contributed by atoms with Crippen molar-refractivity contribution in [3.63, 3.8) is 0 Å². The summed E-state index contributed by atoms with van der Waals surface area (Å²) in [6.07, 6.45) is 2.99. The van der Waals surface area contributed by atoms with Gasteiger partial charge in [0.15, 0.2) is 0 Å². The fourth-order valence-corrected chi connectivity index (χ4v) is 1.75. The van der Waals surface area contributed by atoms with Crippen molar-refractivity contribution in [3.05, 3.63) is 42.0 Å². The lowest BCUT2D eigenvalue weighted by Crippen LogP contribution is -2.50. The Morgan fingerprint density at radius 1 is 1.18 bits per heavy atom. The van der Waals surface area contributed by atoms with Gasteiger partial charge in [-0.05, 0) is 17.6 Å².